The van der Waals surface area contributed by atoms with Crippen LogP contribution >= 0.6 is 11.6 Å². The molecular formula is C24H16ClN3. The van der Waals surface area contributed by atoms with Gasteiger partial charge in [-0.2, -0.15) is 5.26 Å². The van der Waals surface area contributed by atoms with Gasteiger partial charge in [0.2, 0.25) is 0 Å². The van der Waals surface area contributed by atoms with E-state index < -0.39 is 0 Å². The van der Waals surface area contributed by atoms with Crippen molar-refractivity contribution in [3.8, 4) is 39.6 Å². The Kier molecular flexibility index (Phi) is 4.80. The zero-order valence-corrected chi connectivity index (χ0v) is 15.7. The summed E-state index contributed by atoms with van der Waals surface area (Å²) < 4.78 is 0. The van der Waals surface area contributed by atoms with E-state index in [0.717, 1.165) is 33.5 Å². The van der Waals surface area contributed by atoms with Gasteiger partial charge in [0.15, 0.2) is 0 Å². The topological polar surface area (TPSA) is 62.7 Å². The molecule has 0 amide bonds. The standard InChI is InChI=1S/C24H16ClN3/c25-20-12-10-18(11-13-20)21-14-23(28-24(27)22(21)15-26)19-8-6-17(7-9-19)16-4-2-1-3-5-16/h1-14H,(H2,27,28). The van der Waals surface area contributed by atoms with E-state index >= 15 is 0 Å². The van der Waals surface area contributed by atoms with Crippen LogP contribution in [0.1, 0.15) is 5.56 Å². The molecule has 134 valence electrons. The van der Waals surface area contributed by atoms with Crippen molar-refractivity contribution < 1.29 is 0 Å². The van der Waals surface area contributed by atoms with Gasteiger partial charge in [0.1, 0.15) is 17.5 Å². The predicted octanol–water partition coefficient (Wildman–Crippen LogP) is 6.19. The lowest BCUT2D eigenvalue weighted by atomic mass is 9.97. The number of hydrogen-bond acceptors (Lipinski definition) is 3. The van der Waals surface area contributed by atoms with Crippen LogP contribution in [0.4, 0.5) is 5.82 Å². The van der Waals surface area contributed by atoms with Crippen molar-refractivity contribution in [2.24, 2.45) is 0 Å². The molecule has 0 bridgehead atoms. The third kappa shape index (κ3) is 3.46. The molecule has 4 rings (SSSR count). The molecule has 1 heterocycles. The summed E-state index contributed by atoms with van der Waals surface area (Å²) in [5, 5.41) is 10.2. The normalized spacial score (nSPS) is 10.4. The van der Waals surface area contributed by atoms with E-state index in [2.05, 4.69) is 35.3 Å². The van der Waals surface area contributed by atoms with Crippen molar-refractivity contribution in [3.63, 3.8) is 0 Å². The van der Waals surface area contributed by atoms with Crippen molar-refractivity contribution in [2.45, 2.75) is 0 Å². The Bertz CT molecular complexity index is 1160. The highest BCUT2D eigenvalue weighted by Gasteiger charge is 2.13. The lowest BCUT2D eigenvalue weighted by molar-refractivity contribution is 1.31. The van der Waals surface area contributed by atoms with Crippen molar-refractivity contribution in [2.75, 3.05) is 5.73 Å². The maximum atomic E-state index is 9.54. The maximum absolute atomic E-state index is 9.54. The Morgan fingerprint density at radius 1 is 0.750 bits per heavy atom. The SMILES string of the molecule is N#Cc1c(-c2ccc(Cl)cc2)cc(-c2ccc(-c3ccccc3)cc2)nc1N. The molecule has 0 saturated carbocycles. The van der Waals surface area contributed by atoms with Crippen molar-refractivity contribution in [1.82, 2.24) is 4.98 Å². The van der Waals surface area contributed by atoms with Gasteiger partial charge < -0.3 is 5.73 Å². The molecule has 28 heavy (non-hydrogen) atoms. The second-order valence-electron chi connectivity index (χ2n) is 6.38. The molecule has 4 aromatic rings. The van der Waals surface area contributed by atoms with Crippen LogP contribution in [0.5, 0.6) is 0 Å². The number of anilines is 1. The summed E-state index contributed by atoms with van der Waals surface area (Å²) in [6.07, 6.45) is 0. The van der Waals surface area contributed by atoms with E-state index in [4.69, 9.17) is 17.3 Å². The minimum atomic E-state index is 0.220. The zero-order chi connectivity index (χ0) is 19.5. The van der Waals surface area contributed by atoms with Gasteiger partial charge in [0, 0.05) is 16.1 Å². The third-order valence-electron chi connectivity index (χ3n) is 4.60. The predicted molar refractivity (Wildman–Crippen MR) is 115 cm³/mol. The van der Waals surface area contributed by atoms with Crippen molar-refractivity contribution in [1.29, 1.82) is 5.26 Å². The van der Waals surface area contributed by atoms with Gasteiger partial charge in [-0.25, -0.2) is 4.98 Å². The van der Waals surface area contributed by atoms with E-state index in [1.807, 2.05) is 48.5 Å². The number of pyridine rings is 1. The van der Waals surface area contributed by atoms with Gasteiger partial charge >= 0.3 is 0 Å². The van der Waals surface area contributed by atoms with Gasteiger partial charge in [0.25, 0.3) is 0 Å². The minimum Gasteiger partial charge on any atom is -0.383 e. The molecule has 3 nitrogen and oxygen atoms in total. The van der Waals surface area contributed by atoms with E-state index in [0.29, 0.717) is 10.6 Å². The van der Waals surface area contributed by atoms with Gasteiger partial charge in [-0.15, -0.1) is 0 Å². The van der Waals surface area contributed by atoms with Crippen LogP contribution in [0.15, 0.2) is 84.9 Å². The molecule has 0 fully saturated rings. The average Bonchev–Trinajstić information content (AvgIpc) is 2.74. The fourth-order valence-electron chi connectivity index (χ4n) is 3.15. The van der Waals surface area contributed by atoms with Crippen molar-refractivity contribution in [3.05, 3.63) is 95.5 Å². The highest BCUT2D eigenvalue weighted by Crippen LogP contribution is 2.32. The summed E-state index contributed by atoms with van der Waals surface area (Å²) in [6, 6.07) is 29.7. The Morgan fingerprint density at radius 2 is 1.32 bits per heavy atom. The monoisotopic (exact) mass is 381 g/mol. The van der Waals surface area contributed by atoms with Crippen LogP contribution in [-0.4, -0.2) is 4.98 Å². The quantitative estimate of drug-likeness (QED) is 0.460. The van der Waals surface area contributed by atoms with Crippen LogP contribution in [0.2, 0.25) is 5.02 Å². The van der Waals surface area contributed by atoms with Crippen molar-refractivity contribution >= 4 is 17.4 Å². The highest BCUT2D eigenvalue weighted by atomic mass is 35.5. The number of nitrogens with zero attached hydrogens (tertiary/aromatic N) is 2. The highest BCUT2D eigenvalue weighted by molar-refractivity contribution is 6.30. The number of nitriles is 1. The molecule has 0 unspecified atom stereocenters. The van der Waals surface area contributed by atoms with E-state index in [1.54, 1.807) is 12.1 Å². The Hall–Kier alpha value is -3.61. The molecule has 0 spiro atoms. The van der Waals surface area contributed by atoms with Crippen LogP contribution in [0, 0.1) is 11.3 Å². The van der Waals surface area contributed by atoms with Crippen LogP contribution in [0.3, 0.4) is 0 Å². The van der Waals surface area contributed by atoms with E-state index in [1.165, 1.54) is 0 Å². The minimum absolute atomic E-state index is 0.220. The molecule has 0 radical (unpaired) electrons. The average molecular weight is 382 g/mol. The molecule has 0 aliphatic heterocycles. The smallest absolute Gasteiger partial charge is 0.142 e. The van der Waals surface area contributed by atoms with E-state index in [9.17, 15) is 5.26 Å². The van der Waals surface area contributed by atoms with Crippen LogP contribution in [0.25, 0.3) is 33.5 Å². The summed E-state index contributed by atoms with van der Waals surface area (Å²) in [4.78, 5) is 4.45. The van der Waals surface area contributed by atoms with Gasteiger partial charge in [-0.1, -0.05) is 78.3 Å². The lowest BCUT2D eigenvalue weighted by Gasteiger charge is -2.11. The number of aromatic nitrogens is 1. The second kappa shape index (κ2) is 7.56. The number of nitrogen functional groups attached to an aromatic ring is 1. The Labute approximate surface area is 168 Å². The largest absolute Gasteiger partial charge is 0.383 e. The second-order valence-corrected chi connectivity index (χ2v) is 6.81. The number of halogens is 1. The molecule has 4 heteroatoms. The number of rotatable bonds is 3. The fourth-order valence-corrected chi connectivity index (χ4v) is 3.28. The lowest BCUT2D eigenvalue weighted by Crippen LogP contribution is -1.99. The molecule has 0 atom stereocenters. The van der Waals surface area contributed by atoms with Crippen LogP contribution < -0.4 is 5.73 Å². The summed E-state index contributed by atoms with van der Waals surface area (Å²) in [5.74, 6) is 0.220. The van der Waals surface area contributed by atoms with Gasteiger partial charge in [0.05, 0.1) is 5.69 Å². The molecule has 2 N–H and O–H groups in total. The summed E-state index contributed by atoms with van der Waals surface area (Å²) in [7, 11) is 0. The molecule has 0 aliphatic rings. The first-order valence-electron chi connectivity index (χ1n) is 8.78. The summed E-state index contributed by atoms with van der Waals surface area (Å²) in [6.45, 7) is 0. The van der Waals surface area contributed by atoms with Gasteiger partial charge in [-0.05, 0) is 34.9 Å². The Balaban J connectivity index is 1.78. The number of hydrogen-bond donors (Lipinski definition) is 1. The summed E-state index contributed by atoms with van der Waals surface area (Å²) in [5.41, 5.74) is 12.0. The Morgan fingerprint density at radius 3 is 1.96 bits per heavy atom. The summed E-state index contributed by atoms with van der Waals surface area (Å²) >= 11 is 5.99. The zero-order valence-electron chi connectivity index (χ0n) is 14.9. The molecule has 1 aromatic heterocycles. The van der Waals surface area contributed by atoms with E-state index in [-0.39, 0.29) is 5.82 Å². The van der Waals surface area contributed by atoms with Gasteiger partial charge in [-0.3, -0.25) is 0 Å². The first kappa shape index (κ1) is 17.8. The molecule has 3 aromatic carbocycles. The third-order valence-corrected chi connectivity index (χ3v) is 4.85. The first-order chi connectivity index (χ1) is 13.7. The first-order valence-corrected chi connectivity index (χ1v) is 9.16. The maximum Gasteiger partial charge on any atom is 0.142 e. The fraction of sp³-hybridized carbons (Fsp3) is 0. The van der Waals surface area contributed by atoms with Crippen LogP contribution in [-0.2, 0) is 0 Å². The number of benzene rings is 3. The molecule has 0 saturated heterocycles. The number of nitrogens with two attached hydrogens (primary N) is 1. The molecular weight excluding hydrogens is 366 g/mol. The molecule has 0 aliphatic carbocycles.